The quantitative estimate of drug-likeness (QED) is 0.413. The molecule has 21 heavy (non-hydrogen) atoms. The van der Waals surface area contributed by atoms with Crippen molar-refractivity contribution in [2.45, 2.75) is 17.3 Å². The van der Waals surface area contributed by atoms with Crippen LogP contribution in [-0.2, 0) is 0 Å². The van der Waals surface area contributed by atoms with E-state index in [4.69, 9.17) is 0 Å². The Balaban J connectivity index is 1.87. The molecule has 5 nitrogen and oxygen atoms in total. The zero-order valence-corrected chi connectivity index (χ0v) is 12.2. The number of benzene rings is 1. The van der Waals surface area contributed by atoms with E-state index in [1.807, 2.05) is 48.0 Å². The number of fused-ring (bicyclic) bond motifs is 1. The molecule has 0 aliphatic heterocycles. The summed E-state index contributed by atoms with van der Waals surface area (Å²) in [5.41, 5.74) is 2.07. The van der Waals surface area contributed by atoms with E-state index in [1.54, 1.807) is 23.9 Å². The number of non-ortho nitro benzene ring substituents is 1. The van der Waals surface area contributed by atoms with Gasteiger partial charge in [0.05, 0.1) is 16.6 Å². The molecule has 0 saturated carbocycles. The molecule has 0 fully saturated rings. The minimum atomic E-state index is -0.369. The summed E-state index contributed by atoms with van der Waals surface area (Å²) in [7, 11) is 0. The van der Waals surface area contributed by atoms with Crippen LogP contribution in [0.4, 0.5) is 5.69 Å². The first kappa shape index (κ1) is 13.6. The number of pyridine rings is 1. The summed E-state index contributed by atoms with van der Waals surface area (Å²) in [6.07, 6.45) is 3.79. The van der Waals surface area contributed by atoms with Gasteiger partial charge in [0, 0.05) is 23.6 Å². The topological polar surface area (TPSA) is 60.4 Å². The van der Waals surface area contributed by atoms with Crippen LogP contribution >= 0.6 is 11.8 Å². The first-order chi connectivity index (χ1) is 10.1. The van der Waals surface area contributed by atoms with Gasteiger partial charge < -0.3 is 0 Å². The van der Waals surface area contributed by atoms with Crippen LogP contribution < -0.4 is 0 Å². The average Bonchev–Trinajstić information content (AvgIpc) is 2.91. The van der Waals surface area contributed by atoms with Crippen molar-refractivity contribution >= 4 is 23.0 Å². The Kier molecular flexibility index (Phi) is 3.62. The molecule has 0 bridgehead atoms. The zero-order chi connectivity index (χ0) is 14.8. The fourth-order valence-electron chi connectivity index (χ4n) is 2.12. The van der Waals surface area contributed by atoms with E-state index in [0.29, 0.717) is 0 Å². The van der Waals surface area contributed by atoms with Crippen molar-refractivity contribution in [2.24, 2.45) is 0 Å². The van der Waals surface area contributed by atoms with Crippen LogP contribution in [0.5, 0.6) is 0 Å². The second-order valence-corrected chi connectivity index (χ2v) is 5.96. The maximum atomic E-state index is 10.8. The number of nitro groups is 1. The molecule has 0 amide bonds. The fraction of sp³-hybridized carbons (Fsp3) is 0.133. The van der Waals surface area contributed by atoms with E-state index in [9.17, 15) is 10.1 Å². The standard InChI is InChI=1S/C15H13N3O2S/c1-11(12-5-4-7-13(9-12)18(19)20)21-15-16-10-14-6-2-3-8-17(14)15/h2-11H,1H3. The first-order valence-electron chi connectivity index (χ1n) is 6.48. The number of nitro benzene ring substituents is 1. The molecule has 0 N–H and O–H groups in total. The third-order valence-corrected chi connectivity index (χ3v) is 4.38. The third kappa shape index (κ3) is 2.75. The predicted molar refractivity (Wildman–Crippen MR) is 82.6 cm³/mol. The van der Waals surface area contributed by atoms with Gasteiger partial charge in [-0.25, -0.2) is 4.98 Å². The number of hydrogen-bond acceptors (Lipinski definition) is 4. The summed E-state index contributed by atoms with van der Waals surface area (Å²) >= 11 is 1.58. The highest BCUT2D eigenvalue weighted by Crippen LogP contribution is 2.35. The van der Waals surface area contributed by atoms with Gasteiger partial charge >= 0.3 is 0 Å². The largest absolute Gasteiger partial charge is 0.295 e. The number of aromatic nitrogens is 2. The molecule has 3 rings (SSSR count). The normalized spacial score (nSPS) is 12.4. The van der Waals surface area contributed by atoms with Gasteiger partial charge in [-0.05, 0) is 24.6 Å². The molecule has 0 saturated heterocycles. The summed E-state index contributed by atoms with van der Waals surface area (Å²) in [6.45, 7) is 2.02. The van der Waals surface area contributed by atoms with Gasteiger partial charge in [-0.15, -0.1) is 0 Å². The summed E-state index contributed by atoms with van der Waals surface area (Å²) < 4.78 is 2.01. The maximum absolute atomic E-state index is 10.8. The lowest BCUT2D eigenvalue weighted by molar-refractivity contribution is -0.384. The van der Waals surface area contributed by atoms with E-state index in [2.05, 4.69) is 4.98 Å². The molecule has 106 valence electrons. The molecule has 0 radical (unpaired) electrons. The molecule has 0 spiro atoms. The van der Waals surface area contributed by atoms with E-state index in [0.717, 1.165) is 16.2 Å². The highest BCUT2D eigenvalue weighted by Gasteiger charge is 2.14. The maximum Gasteiger partial charge on any atom is 0.269 e. The highest BCUT2D eigenvalue weighted by atomic mass is 32.2. The van der Waals surface area contributed by atoms with Gasteiger partial charge in [-0.1, -0.05) is 30.0 Å². The molecule has 2 heterocycles. The lowest BCUT2D eigenvalue weighted by Gasteiger charge is -2.10. The van der Waals surface area contributed by atoms with Crippen LogP contribution in [0.1, 0.15) is 17.7 Å². The Morgan fingerprint density at radius 2 is 2.14 bits per heavy atom. The molecule has 1 unspecified atom stereocenters. The number of rotatable bonds is 4. The summed E-state index contributed by atoms with van der Waals surface area (Å²) in [4.78, 5) is 14.9. The lowest BCUT2D eigenvalue weighted by Crippen LogP contribution is -1.94. The van der Waals surface area contributed by atoms with Gasteiger partial charge in [0.25, 0.3) is 5.69 Å². The SMILES string of the molecule is CC(Sc1ncc2ccccn12)c1cccc([N+](=O)[O-])c1. The summed E-state index contributed by atoms with van der Waals surface area (Å²) in [5, 5.41) is 11.8. The second-order valence-electron chi connectivity index (χ2n) is 4.65. The van der Waals surface area contributed by atoms with Gasteiger partial charge in [-0.3, -0.25) is 14.5 Å². The van der Waals surface area contributed by atoms with Crippen LogP contribution in [0.2, 0.25) is 0 Å². The van der Waals surface area contributed by atoms with Crippen LogP contribution in [-0.4, -0.2) is 14.3 Å². The molecule has 6 heteroatoms. The monoisotopic (exact) mass is 299 g/mol. The predicted octanol–water partition coefficient (Wildman–Crippen LogP) is 4.10. The molecule has 2 aromatic heterocycles. The fourth-order valence-corrected chi connectivity index (χ4v) is 3.12. The third-order valence-electron chi connectivity index (χ3n) is 3.24. The number of nitrogens with zero attached hydrogens (tertiary/aromatic N) is 3. The van der Waals surface area contributed by atoms with Crippen LogP contribution in [0, 0.1) is 10.1 Å². The molecule has 1 atom stereocenters. The van der Waals surface area contributed by atoms with Crippen molar-refractivity contribution in [3.8, 4) is 0 Å². The Morgan fingerprint density at radius 1 is 1.29 bits per heavy atom. The van der Waals surface area contributed by atoms with Crippen molar-refractivity contribution in [1.82, 2.24) is 9.38 Å². The minimum absolute atomic E-state index is 0.0794. The smallest absolute Gasteiger partial charge is 0.269 e. The van der Waals surface area contributed by atoms with E-state index in [-0.39, 0.29) is 15.9 Å². The number of hydrogen-bond donors (Lipinski definition) is 0. The van der Waals surface area contributed by atoms with Crippen LogP contribution in [0.25, 0.3) is 5.52 Å². The molecule has 0 aliphatic carbocycles. The zero-order valence-electron chi connectivity index (χ0n) is 11.3. The van der Waals surface area contributed by atoms with Crippen molar-refractivity contribution in [3.05, 3.63) is 70.5 Å². The first-order valence-corrected chi connectivity index (χ1v) is 7.36. The number of thioether (sulfide) groups is 1. The van der Waals surface area contributed by atoms with E-state index < -0.39 is 0 Å². The van der Waals surface area contributed by atoms with Gasteiger partial charge in [0.2, 0.25) is 0 Å². The molecule has 0 aliphatic rings. The van der Waals surface area contributed by atoms with Crippen molar-refractivity contribution < 1.29 is 4.92 Å². The highest BCUT2D eigenvalue weighted by molar-refractivity contribution is 7.99. The summed E-state index contributed by atoms with van der Waals surface area (Å²) in [5.74, 6) is 0. The van der Waals surface area contributed by atoms with Crippen molar-refractivity contribution in [3.63, 3.8) is 0 Å². The van der Waals surface area contributed by atoms with Crippen LogP contribution in [0.3, 0.4) is 0 Å². The van der Waals surface area contributed by atoms with Crippen molar-refractivity contribution in [1.29, 1.82) is 0 Å². The summed E-state index contributed by atoms with van der Waals surface area (Å²) in [6, 6.07) is 12.7. The van der Waals surface area contributed by atoms with Gasteiger partial charge in [0.15, 0.2) is 5.16 Å². The van der Waals surface area contributed by atoms with E-state index in [1.165, 1.54) is 6.07 Å². The second kappa shape index (κ2) is 5.57. The molecular weight excluding hydrogens is 286 g/mol. The molecular formula is C15H13N3O2S. The Labute approximate surface area is 125 Å². The Morgan fingerprint density at radius 3 is 2.95 bits per heavy atom. The lowest BCUT2D eigenvalue weighted by atomic mass is 10.1. The van der Waals surface area contributed by atoms with Crippen molar-refractivity contribution in [2.75, 3.05) is 0 Å². The minimum Gasteiger partial charge on any atom is -0.295 e. The van der Waals surface area contributed by atoms with Crippen LogP contribution in [0.15, 0.2) is 60.0 Å². The average molecular weight is 299 g/mol. The molecule has 1 aromatic carbocycles. The Hall–Kier alpha value is -2.34. The van der Waals surface area contributed by atoms with E-state index >= 15 is 0 Å². The Bertz CT molecular complexity index is 800. The molecule has 3 aromatic rings. The number of imidazole rings is 1. The van der Waals surface area contributed by atoms with Gasteiger partial charge in [-0.2, -0.15) is 0 Å². The van der Waals surface area contributed by atoms with Gasteiger partial charge in [0.1, 0.15) is 0 Å².